The molecule has 5 nitrogen and oxygen atoms in total. The van der Waals surface area contributed by atoms with E-state index in [1.807, 2.05) is 0 Å². The average Bonchev–Trinajstić information content (AvgIpc) is 2.25. The molecule has 74 valence electrons. The molecule has 0 aliphatic carbocycles. The van der Waals surface area contributed by atoms with Gasteiger partial charge >= 0.3 is 0 Å². The van der Waals surface area contributed by atoms with Crippen LogP contribution >= 0.6 is 0 Å². The van der Waals surface area contributed by atoms with E-state index in [4.69, 9.17) is 0 Å². The molecule has 5 heteroatoms. The predicted molar refractivity (Wildman–Crippen MR) is 52.1 cm³/mol. The van der Waals surface area contributed by atoms with Gasteiger partial charge in [-0.25, -0.2) is 0 Å². The highest BCUT2D eigenvalue weighted by Gasteiger charge is 2.02. The number of nitrogens with one attached hydrogen (secondary N) is 1. The zero-order valence-corrected chi connectivity index (χ0v) is 7.64. The fourth-order valence-corrected chi connectivity index (χ4v) is 0.880. The molecule has 1 N–H and O–H groups in total. The van der Waals surface area contributed by atoms with E-state index in [1.165, 1.54) is 0 Å². The average molecular weight is 193 g/mol. The first-order valence-corrected chi connectivity index (χ1v) is 4.11. The van der Waals surface area contributed by atoms with Gasteiger partial charge in [0.25, 0.3) is 5.91 Å². The van der Waals surface area contributed by atoms with Gasteiger partial charge in [-0.15, -0.1) is 5.16 Å². The molecule has 0 unspecified atom stereocenters. The largest absolute Gasteiger partial charge is 0.394 e. The molecular weight excluding hydrogens is 182 g/mol. The van der Waals surface area contributed by atoms with Crippen molar-refractivity contribution in [3.63, 3.8) is 0 Å². The number of oxime groups is 1. The van der Waals surface area contributed by atoms with Gasteiger partial charge in [-0.2, -0.15) is 0 Å². The number of rotatable bonds is 5. The lowest BCUT2D eigenvalue weighted by atomic mass is 10.2. The number of carbonyl (C=O) groups excluding carboxylic acids is 1. The van der Waals surface area contributed by atoms with Crippen molar-refractivity contribution in [3.05, 3.63) is 30.1 Å². The van der Waals surface area contributed by atoms with Crippen molar-refractivity contribution < 1.29 is 9.63 Å². The number of hydrogen-bond acceptors (Lipinski definition) is 4. The minimum Gasteiger partial charge on any atom is -0.394 e. The van der Waals surface area contributed by atoms with Gasteiger partial charge in [-0.3, -0.25) is 9.78 Å². The summed E-state index contributed by atoms with van der Waals surface area (Å²) in [7, 11) is 0. The Morgan fingerprint density at radius 1 is 1.57 bits per heavy atom. The first kappa shape index (κ1) is 10.2. The fraction of sp³-hybridized carbons (Fsp3) is 0.222. The summed E-state index contributed by atoms with van der Waals surface area (Å²) in [5, 5.41) is 5.85. The third-order valence-electron chi connectivity index (χ3n) is 1.51. The summed E-state index contributed by atoms with van der Waals surface area (Å²) in [5.41, 5.74) is 0.576. The molecule has 1 aromatic rings. The van der Waals surface area contributed by atoms with Crippen LogP contribution in [0.1, 0.15) is 10.4 Å². The number of pyridine rings is 1. The van der Waals surface area contributed by atoms with Crippen LogP contribution in [0.5, 0.6) is 0 Å². The second-order valence-corrected chi connectivity index (χ2v) is 2.45. The van der Waals surface area contributed by atoms with Gasteiger partial charge in [0.1, 0.15) is 6.61 Å². The Bertz CT molecular complexity index is 300. The topological polar surface area (TPSA) is 63.6 Å². The maximum atomic E-state index is 11.4. The van der Waals surface area contributed by atoms with Crippen molar-refractivity contribution in [3.8, 4) is 0 Å². The van der Waals surface area contributed by atoms with E-state index in [0.717, 1.165) is 0 Å². The molecular formula is C9H11N3O2. The maximum absolute atomic E-state index is 11.4. The Hall–Kier alpha value is -1.91. The predicted octanol–water partition coefficient (Wildman–Crippen LogP) is 0.444. The second kappa shape index (κ2) is 5.69. The van der Waals surface area contributed by atoms with E-state index in [0.29, 0.717) is 18.7 Å². The Kier molecular flexibility index (Phi) is 4.13. The Labute approximate surface area is 81.8 Å². The summed E-state index contributed by atoms with van der Waals surface area (Å²) in [6.07, 6.45) is 3.13. The van der Waals surface area contributed by atoms with Gasteiger partial charge in [-0.1, -0.05) is 0 Å². The third kappa shape index (κ3) is 3.22. The highest BCUT2D eigenvalue weighted by Crippen LogP contribution is 1.94. The molecule has 0 fully saturated rings. The lowest BCUT2D eigenvalue weighted by Crippen LogP contribution is -2.26. The van der Waals surface area contributed by atoms with Crippen LogP contribution in [-0.4, -0.2) is 30.8 Å². The first-order valence-electron chi connectivity index (χ1n) is 4.11. The van der Waals surface area contributed by atoms with Gasteiger partial charge in [0.2, 0.25) is 0 Å². The number of aromatic nitrogens is 1. The monoisotopic (exact) mass is 193 g/mol. The number of carbonyl (C=O) groups is 1. The molecule has 0 atom stereocenters. The third-order valence-corrected chi connectivity index (χ3v) is 1.51. The number of amides is 1. The van der Waals surface area contributed by atoms with Crippen molar-refractivity contribution in [1.29, 1.82) is 0 Å². The standard InChI is InChI=1S/C9H11N3O2/c1-10-14-7-6-12-9(13)8-2-4-11-5-3-8/h2-5H,1,6-7H2,(H,12,13). The van der Waals surface area contributed by atoms with E-state index in [-0.39, 0.29) is 5.91 Å². The molecule has 0 saturated carbocycles. The summed E-state index contributed by atoms with van der Waals surface area (Å²) in [6, 6.07) is 3.28. The van der Waals surface area contributed by atoms with E-state index in [2.05, 4.69) is 27.0 Å². The summed E-state index contributed by atoms with van der Waals surface area (Å²) in [6.45, 7) is 3.87. The molecule has 0 aliphatic rings. The fourth-order valence-electron chi connectivity index (χ4n) is 0.880. The molecule has 14 heavy (non-hydrogen) atoms. The van der Waals surface area contributed by atoms with Gasteiger partial charge in [0, 0.05) is 24.7 Å². The number of hydrogen-bond donors (Lipinski definition) is 1. The lowest BCUT2D eigenvalue weighted by Gasteiger charge is -2.03. The molecule has 0 bridgehead atoms. The van der Waals surface area contributed by atoms with Crippen LogP contribution in [-0.2, 0) is 4.84 Å². The minimum atomic E-state index is -0.153. The summed E-state index contributed by atoms with van der Waals surface area (Å²) < 4.78 is 0. The Morgan fingerprint density at radius 2 is 2.29 bits per heavy atom. The van der Waals surface area contributed by atoms with Gasteiger partial charge in [-0.05, 0) is 12.1 Å². The van der Waals surface area contributed by atoms with Crippen molar-refractivity contribution >= 4 is 12.6 Å². The highest BCUT2D eigenvalue weighted by molar-refractivity contribution is 5.93. The van der Waals surface area contributed by atoms with Gasteiger partial charge < -0.3 is 10.2 Å². The molecule has 0 radical (unpaired) electrons. The second-order valence-electron chi connectivity index (χ2n) is 2.45. The molecule has 1 heterocycles. The van der Waals surface area contributed by atoms with E-state index < -0.39 is 0 Å². The zero-order valence-electron chi connectivity index (χ0n) is 7.64. The smallest absolute Gasteiger partial charge is 0.251 e. The molecule has 0 spiro atoms. The van der Waals surface area contributed by atoms with E-state index in [9.17, 15) is 4.79 Å². The van der Waals surface area contributed by atoms with Crippen LogP contribution in [0.25, 0.3) is 0 Å². The van der Waals surface area contributed by atoms with E-state index in [1.54, 1.807) is 24.5 Å². The van der Waals surface area contributed by atoms with Crippen LogP contribution in [0, 0.1) is 0 Å². The Morgan fingerprint density at radius 3 is 2.93 bits per heavy atom. The SMILES string of the molecule is C=NOCCNC(=O)c1ccncc1. The molecule has 1 aromatic heterocycles. The molecule has 0 aliphatic heterocycles. The van der Waals surface area contributed by atoms with Gasteiger partial charge in [0.15, 0.2) is 0 Å². The van der Waals surface area contributed by atoms with Crippen molar-refractivity contribution in [1.82, 2.24) is 10.3 Å². The highest BCUT2D eigenvalue weighted by atomic mass is 16.6. The Balaban J connectivity index is 2.32. The van der Waals surface area contributed by atoms with Crippen molar-refractivity contribution in [2.75, 3.05) is 13.2 Å². The van der Waals surface area contributed by atoms with Crippen molar-refractivity contribution in [2.24, 2.45) is 5.16 Å². The van der Waals surface area contributed by atoms with Crippen LogP contribution in [0.15, 0.2) is 29.7 Å². The van der Waals surface area contributed by atoms with E-state index >= 15 is 0 Å². The lowest BCUT2D eigenvalue weighted by molar-refractivity contribution is 0.0922. The van der Waals surface area contributed by atoms with Crippen LogP contribution in [0.3, 0.4) is 0 Å². The van der Waals surface area contributed by atoms with Crippen LogP contribution in [0.4, 0.5) is 0 Å². The summed E-state index contributed by atoms with van der Waals surface area (Å²) in [4.78, 5) is 19.8. The van der Waals surface area contributed by atoms with Gasteiger partial charge in [0.05, 0.1) is 6.54 Å². The zero-order chi connectivity index (χ0) is 10.2. The normalized spacial score (nSPS) is 9.14. The van der Waals surface area contributed by atoms with Crippen LogP contribution < -0.4 is 5.32 Å². The molecule has 0 aromatic carbocycles. The quantitative estimate of drug-likeness (QED) is 0.419. The number of nitrogens with zero attached hydrogens (tertiary/aromatic N) is 2. The van der Waals surface area contributed by atoms with Crippen LogP contribution in [0.2, 0.25) is 0 Å². The molecule has 0 saturated heterocycles. The summed E-state index contributed by atoms with van der Waals surface area (Å²) >= 11 is 0. The first-order chi connectivity index (χ1) is 6.84. The molecule has 1 amide bonds. The maximum Gasteiger partial charge on any atom is 0.251 e. The van der Waals surface area contributed by atoms with Crippen molar-refractivity contribution in [2.45, 2.75) is 0 Å². The minimum absolute atomic E-state index is 0.153. The summed E-state index contributed by atoms with van der Waals surface area (Å²) in [5.74, 6) is -0.153. The molecule has 1 rings (SSSR count).